The molecule has 0 radical (unpaired) electrons. The number of nitrogens with one attached hydrogen (secondary N) is 2. The third kappa shape index (κ3) is 6.24. The monoisotopic (exact) mass is 378 g/mol. The van der Waals surface area contributed by atoms with Crippen molar-refractivity contribution in [2.75, 3.05) is 31.6 Å². The standard InChI is InChI=1S/C15H22N4O3.2ClH/c16-11-15(4-9-22-10-5-15)14(21)18-8-3-13(20)19-12-1-6-17-7-2-12;;/h1-2,6-7H,3-5,8-11,16H2,(H,18,21)(H,17,19,20);2*1H. The maximum absolute atomic E-state index is 12.3. The van der Waals surface area contributed by atoms with Crippen molar-refractivity contribution in [2.45, 2.75) is 19.3 Å². The highest BCUT2D eigenvalue weighted by atomic mass is 35.5. The number of halogens is 2. The van der Waals surface area contributed by atoms with Crippen LogP contribution < -0.4 is 16.4 Å². The Kier molecular flexibility index (Phi) is 10.5. The lowest BCUT2D eigenvalue weighted by Gasteiger charge is -2.34. The summed E-state index contributed by atoms with van der Waals surface area (Å²) in [7, 11) is 0. The number of anilines is 1. The van der Waals surface area contributed by atoms with Crippen LogP contribution in [0.1, 0.15) is 19.3 Å². The van der Waals surface area contributed by atoms with Gasteiger partial charge in [-0.2, -0.15) is 0 Å². The van der Waals surface area contributed by atoms with E-state index in [2.05, 4.69) is 15.6 Å². The van der Waals surface area contributed by atoms with Crippen molar-refractivity contribution in [1.82, 2.24) is 10.3 Å². The molecular weight excluding hydrogens is 355 g/mol. The zero-order valence-electron chi connectivity index (χ0n) is 13.3. The number of carbonyl (C=O) groups excluding carboxylic acids is 2. The molecule has 0 unspecified atom stereocenters. The summed E-state index contributed by atoms with van der Waals surface area (Å²) in [6, 6.07) is 3.42. The molecule has 0 aliphatic carbocycles. The number of hydrogen-bond donors (Lipinski definition) is 3. The molecule has 4 N–H and O–H groups in total. The summed E-state index contributed by atoms with van der Waals surface area (Å²) in [5.74, 6) is -0.240. The normalized spacial score (nSPS) is 15.4. The van der Waals surface area contributed by atoms with Gasteiger partial charge in [0.05, 0.1) is 5.41 Å². The van der Waals surface area contributed by atoms with Crippen LogP contribution in [0.25, 0.3) is 0 Å². The van der Waals surface area contributed by atoms with E-state index in [0.717, 1.165) is 0 Å². The van der Waals surface area contributed by atoms with Crippen LogP contribution in [-0.2, 0) is 14.3 Å². The van der Waals surface area contributed by atoms with Gasteiger partial charge in [0.25, 0.3) is 0 Å². The highest BCUT2D eigenvalue weighted by Crippen LogP contribution is 2.29. The van der Waals surface area contributed by atoms with Crippen molar-refractivity contribution in [2.24, 2.45) is 11.1 Å². The zero-order valence-corrected chi connectivity index (χ0v) is 15.0. The number of ether oxygens (including phenoxy) is 1. The number of rotatable bonds is 6. The molecule has 1 saturated heterocycles. The van der Waals surface area contributed by atoms with Crippen molar-refractivity contribution >= 4 is 42.3 Å². The lowest BCUT2D eigenvalue weighted by atomic mass is 9.79. The number of nitrogens with zero attached hydrogens (tertiary/aromatic N) is 1. The lowest BCUT2D eigenvalue weighted by Crippen LogP contribution is -2.49. The lowest BCUT2D eigenvalue weighted by molar-refractivity contribution is -0.135. The van der Waals surface area contributed by atoms with Gasteiger partial charge >= 0.3 is 0 Å². The second-order valence-corrected chi connectivity index (χ2v) is 5.39. The number of hydrogen-bond acceptors (Lipinski definition) is 5. The fourth-order valence-electron chi connectivity index (χ4n) is 2.42. The predicted octanol–water partition coefficient (Wildman–Crippen LogP) is 1.13. The van der Waals surface area contributed by atoms with Crippen LogP contribution in [0, 0.1) is 5.41 Å². The maximum Gasteiger partial charge on any atom is 0.227 e. The highest BCUT2D eigenvalue weighted by Gasteiger charge is 2.38. The number of amides is 2. The summed E-state index contributed by atoms with van der Waals surface area (Å²) in [4.78, 5) is 28.0. The van der Waals surface area contributed by atoms with Crippen molar-refractivity contribution < 1.29 is 14.3 Å². The summed E-state index contributed by atoms with van der Waals surface area (Å²) in [6.07, 6.45) is 4.67. The van der Waals surface area contributed by atoms with E-state index in [1.807, 2.05) is 0 Å². The average Bonchev–Trinajstić information content (AvgIpc) is 2.56. The van der Waals surface area contributed by atoms with Gasteiger partial charge in [-0.25, -0.2) is 0 Å². The molecule has 0 saturated carbocycles. The van der Waals surface area contributed by atoms with Crippen LogP contribution in [-0.4, -0.2) is 43.1 Å². The van der Waals surface area contributed by atoms with Crippen molar-refractivity contribution in [1.29, 1.82) is 0 Å². The first-order valence-corrected chi connectivity index (χ1v) is 7.42. The Bertz CT molecular complexity index is 511. The molecule has 0 spiro atoms. The summed E-state index contributed by atoms with van der Waals surface area (Å²) in [5.41, 5.74) is 5.90. The first-order valence-electron chi connectivity index (χ1n) is 7.42. The Morgan fingerprint density at radius 1 is 1.21 bits per heavy atom. The molecule has 0 atom stereocenters. The van der Waals surface area contributed by atoms with Gasteiger partial charge in [0.1, 0.15) is 0 Å². The van der Waals surface area contributed by atoms with E-state index >= 15 is 0 Å². The Morgan fingerprint density at radius 2 is 1.83 bits per heavy atom. The molecule has 2 amide bonds. The molecule has 136 valence electrons. The van der Waals surface area contributed by atoms with Gasteiger partial charge in [-0.05, 0) is 25.0 Å². The van der Waals surface area contributed by atoms with Crippen molar-refractivity contribution in [3.63, 3.8) is 0 Å². The zero-order chi connectivity index (χ0) is 15.8. The largest absolute Gasteiger partial charge is 0.381 e. The fourth-order valence-corrected chi connectivity index (χ4v) is 2.42. The Balaban J connectivity index is 0.00000264. The van der Waals surface area contributed by atoms with Crippen LogP contribution >= 0.6 is 24.8 Å². The van der Waals surface area contributed by atoms with E-state index in [4.69, 9.17) is 10.5 Å². The summed E-state index contributed by atoms with van der Waals surface area (Å²) >= 11 is 0. The van der Waals surface area contributed by atoms with Gasteiger partial charge in [0.2, 0.25) is 11.8 Å². The number of nitrogens with two attached hydrogens (primary N) is 1. The van der Waals surface area contributed by atoms with Crippen molar-refractivity contribution in [3.8, 4) is 0 Å². The molecule has 2 heterocycles. The molecule has 24 heavy (non-hydrogen) atoms. The molecule has 2 rings (SSSR count). The second kappa shape index (κ2) is 11.2. The molecule has 0 aromatic carbocycles. The van der Waals surface area contributed by atoms with Gasteiger partial charge in [0, 0.05) is 50.8 Å². The van der Waals surface area contributed by atoms with E-state index in [0.29, 0.717) is 44.8 Å². The van der Waals surface area contributed by atoms with Crippen LogP contribution in [0.4, 0.5) is 5.69 Å². The minimum Gasteiger partial charge on any atom is -0.381 e. The quantitative estimate of drug-likeness (QED) is 0.687. The van der Waals surface area contributed by atoms with Gasteiger partial charge < -0.3 is 21.1 Å². The Morgan fingerprint density at radius 3 is 2.42 bits per heavy atom. The minimum atomic E-state index is -0.556. The van der Waals surface area contributed by atoms with E-state index in [1.54, 1.807) is 24.5 Å². The molecule has 9 heteroatoms. The van der Waals surface area contributed by atoms with Gasteiger partial charge in [-0.15, -0.1) is 24.8 Å². The molecule has 1 aliphatic rings. The van der Waals surface area contributed by atoms with Crippen LogP contribution in [0.5, 0.6) is 0 Å². The van der Waals surface area contributed by atoms with Crippen molar-refractivity contribution in [3.05, 3.63) is 24.5 Å². The smallest absolute Gasteiger partial charge is 0.227 e. The maximum atomic E-state index is 12.3. The van der Waals surface area contributed by atoms with Crippen LogP contribution in [0.2, 0.25) is 0 Å². The fraction of sp³-hybridized carbons (Fsp3) is 0.533. The van der Waals surface area contributed by atoms with E-state index in [9.17, 15) is 9.59 Å². The first kappa shape index (κ1) is 22.6. The van der Waals surface area contributed by atoms with E-state index in [1.165, 1.54) is 0 Å². The van der Waals surface area contributed by atoms with Crippen LogP contribution in [0.3, 0.4) is 0 Å². The second-order valence-electron chi connectivity index (χ2n) is 5.39. The highest BCUT2D eigenvalue weighted by molar-refractivity contribution is 5.91. The first-order chi connectivity index (χ1) is 10.7. The third-order valence-electron chi connectivity index (χ3n) is 3.92. The molecule has 1 fully saturated rings. The summed E-state index contributed by atoms with van der Waals surface area (Å²) in [5, 5.41) is 5.56. The minimum absolute atomic E-state index is 0. The SMILES string of the molecule is Cl.Cl.NCC1(C(=O)NCCC(=O)Nc2ccncc2)CCOCC1. The molecule has 7 nitrogen and oxygen atoms in total. The molecule has 1 aliphatic heterocycles. The van der Waals surface area contributed by atoms with Gasteiger partial charge in [0.15, 0.2) is 0 Å². The number of aromatic nitrogens is 1. The number of pyridine rings is 1. The molecular formula is C15H24Cl2N4O3. The Labute approximate surface area is 153 Å². The van der Waals surface area contributed by atoms with Gasteiger partial charge in [-0.1, -0.05) is 0 Å². The average molecular weight is 379 g/mol. The van der Waals surface area contributed by atoms with E-state index in [-0.39, 0.29) is 43.0 Å². The molecule has 1 aromatic rings. The Hall–Kier alpha value is -1.41. The summed E-state index contributed by atoms with van der Waals surface area (Å²) in [6.45, 7) is 1.68. The molecule has 1 aromatic heterocycles. The van der Waals surface area contributed by atoms with E-state index < -0.39 is 5.41 Å². The molecule has 0 bridgehead atoms. The topological polar surface area (TPSA) is 106 Å². The predicted molar refractivity (Wildman–Crippen MR) is 96.5 cm³/mol. The summed E-state index contributed by atoms with van der Waals surface area (Å²) < 4.78 is 5.28. The van der Waals surface area contributed by atoms with Crippen LogP contribution in [0.15, 0.2) is 24.5 Å². The number of carbonyl (C=O) groups is 2. The third-order valence-corrected chi connectivity index (χ3v) is 3.92. The van der Waals surface area contributed by atoms with Gasteiger partial charge in [-0.3, -0.25) is 14.6 Å².